The van der Waals surface area contributed by atoms with Gasteiger partial charge in [0.05, 0.1) is 31.1 Å². The molecule has 2 heterocycles. The topological polar surface area (TPSA) is 94.8 Å². The zero-order chi connectivity index (χ0) is 16.2. The van der Waals surface area contributed by atoms with E-state index in [1.165, 1.54) is 0 Å². The molecular weight excluding hydrogens is 292 g/mol. The Kier molecular flexibility index (Phi) is 4.88. The number of morpholine rings is 1. The van der Waals surface area contributed by atoms with E-state index < -0.39 is 0 Å². The molecule has 0 unspecified atom stereocenters. The van der Waals surface area contributed by atoms with Crippen LogP contribution in [-0.4, -0.2) is 74.7 Å². The van der Waals surface area contributed by atoms with Gasteiger partial charge in [0.1, 0.15) is 5.84 Å². The highest BCUT2D eigenvalue weighted by molar-refractivity contribution is 5.81. The predicted octanol–water partition coefficient (Wildman–Crippen LogP) is 0.282. The van der Waals surface area contributed by atoms with Gasteiger partial charge in [0.25, 0.3) is 0 Å². The molecule has 2 fully saturated rings. The highest BCUT2D eigenvalue weighted by atomic mass is 16.5. The minimum Gasteiger partial charge on any atom is -0.397 e. The molecule has 5 N–H and O–H groups in total. The molecule has 0 aliphatic carbocycles. The van der Waals surface area contributed by atoms with Crippen molar-refractivity contribution in [3.8, 4) is 0 Å². The van der Waals surface area contributed by atoms with Gasteiger partial charge in [-0.3, -0.25) is 10.3 Å². The van der Waals surface area contributed by atoms with Crippen molar-refractivity contribution in [2.45, 2.75) is 0 Å². The minimum absolute atomic E-state index is 0.631. The Balaban J connectivity index is 1.49. The summed E-state index contributed by atoms with van der Waals surface area (Å²) in [7, 11) is 0. The fraction of sp³-hybridized carbons (Fsp3) is 0.562. The van der Waals surface area contributed by atoms with Crippen molar-refractivity contribution in [3.05, 3.63) is 18.2 Å². The first-order valence-electron chi connectivity index (χ1n) is 8.16. The van der Waals surface area contributed by atoms with Gasteiger partial charge in [0.2, 0.25) is 0 Å². The SMILES string of the molecule is N=C(CN1CCN(c2ccc(N)c(N)c2)CC1)N1CCOCC1. The third-order valence-corrected chi connectivity index (χ3v) is 4.57. The number of benzene rings is 1. The van der Waals surface area contributed by atoms with Crippen molar-refractivity contribution < 1.29 is 4.74 Å². The van der Waals surface area contributed by atoms with E-state index in [0.29, 0.717) is 17.2 Å². The van der Waals surface area contributed by atoms with Crippen LogP contribution in [0, 0.1) is 5.41 Å². The Morgan fingerprint density at radius 1 is 1.00 bits per heavy atom. The predicted molar refractivity (Wildman–Crippen MR) is 94.0 cm³/mol. The Morgan fingerprint density at radius 2 is 1.70 bits per heavy atom. The van der Waals surface area contributed by atoms with E-state index in [9.17, 15) is 0 Å². The summed E-state index contributed by atoms with van der Waals surface area (Å²) < 4.78 is 5.34. The lowest BCUT2D eigenvalue weighted by molar-refractivity contribution is 0.0658. The van der Waals surface area contributed by atoms with Crippen molar-refractivity contribution in [1.82, 2.24) is 9.80 Å². The molecule has 1 aromatic rings. The molecule has 0 aromatic heterocycles. The lowest BCUT2D eigenvalue weighted by Crippen LogP contribution is -2.51. The van der Waals surface area contributed by atoms with Gasteiger partial charge < -0.3 is 26.0 Å². The molecule has 1 aromatic carbocycles. The number of ether oxygens (including phenoxy) is 1. The zero-order valence-corrected chi connectivity index (χ0v) is 13.5. The second kappa shape index (κ2) is 7.06. The second-order valence-electron chi connectivity index (χ2n) is 6.12. The summed E-state index contributed by atoms with van der Waals surface area (Å²) in [6.45, 7) is 7.65. The van der Waals surface area contributed by atoms with E-state index in [-0.39, 0.29) is 0 Å². The summed E-state index contributed by atoms with van der Waals surface area (Å²) in [6, 6.07) is 5.84. The van der Waals surface area contributed by atoms with Gasteiger partial charge in [-0.2, -0.15) is 0 Å². The number of hydrogen-bond acceptors (Lipinski definition) is 6. The Morgan fingerprint density at radius 3 is 2.35 bits per heavy atom. The number of nitrogens with zero attached hydrogens (tertiary/aromatic N) is 3. The zero-order valence-electron chi connectivity index (χ0n) is 13.5. The van der Waals surface area contributed by atoms with Gasteiger partial charge in [0, 0.05) is 45.0 Å². The van der Waals surface area contributed by atoms with Crippen LogP contribution in [0.25, 0.3) is 0 Å². The van der Waals surface area contributed by atoms with Crippen LogP contribution in [0.2, 0.25) is 0 Å². The highest BCUT2D eigenvalue weighted by Gasteiger charge is 2.21. The number of anilines is 3. The van der Waals surface area contributed by atoms with Crippen LogP contribution < -0.4 is 16.4 Å². The van der Waals surface area contributed by atoms with Crippen LogP contribution in [0.4, 0.5) is 17.1 Å². The molecule has 0 bridgehead atoms. The third kappa shape index (κ3) is 3.86. The third-order valence-electron chi connectivity index (χ3n) is 4.57. The Bertz CT molecular complexity index is 550. The normalized spacial score (nSPS) is 19.8. The quantitative estimate of drug-likeness (QED) is 0.421. The van der Waals surface area contributed by atoms with Crippen molar-refractivity contribution in [3.63, 3.8) is 0 Å². The van der Waals surface area contributed by atoms with E-state index >= 15 is 0 Å². The molecule has 2 aliphatic rings. The molecule has 0 saturated carbocycles. The maximum Gasteiger partial charge on any atom is 0.110 e. The first-order valence-corrected chi connectivity index (χ1v) is 8.16. The molecule has 0 spiro atoms. The number of piperazine rings is 1. The smallest absolute Gasteiger partial charge is 0.110 e. The second-order valence-corrected chi connectivity index (χ2v) is 6.12. The molecule has 0 amide bonds. The number of nitrogens with one attached hydrogen (secondary N) is 1. The fourth-order valence-electron chi connectivity index (χ4n) is 3.07. The van der Waals surface area contributed by atoms with Crippen LogP contribution in [0.5, 0.6) is 0 Å². The summed E-state index contributed by atoms with van der Waals surface area (Å²) in [5.74, 6) is 0.707. The molecule has 2 aliphatic heterocycles. The molecule has 2 saturated heterocycles. The maximum absolute atomic E-state index is 8.27. The molecule has 126 valence electrons. The van der Waals surface area contributed by atoms with Crippen LogP contribution in [0.15, 0.2) is 18.2 Å². The van der Waals surface area contributed by atoms with Crippen LogP contribution in [0.1, 0.15) is 0 Å². The van der Waals surface area contributed by atoms with Crippen LogP contribution in [-0.2, 0) is 4.74 Å². The number of amidine groups is 1. The van der Waals surface area contributed by atoms with Crippen molar-refractivity contribution in [1.29, 1.82) is 5.41 Å². The Hall–Kier alpha value is -1.99. The van der Waals surface area contributed by atoms with Gasteiger partial charge in [-0.25, -0.2) is 0 Å². The first-order chi connectivity index (χ1) is 11.1. The molecule has 7 heteroatoms. The van der Waals surface area contributed by atoms with Crippen molar-refractivity contribution in [2.24, 2.45) is 0 Å². The fourth-order valence-corrected chi connectivity index (χ4v) is 3.07. The first kappa shape index (κ1) is 15.9. The van der Waals surface area contributed by atoms with Crippen LogP contribution >= 0.6 is 0 Å². The molecule has 23 heavy (non-hydrogen) atoms. The number of hydrogen-bond donors (Lipinski definition) is 3. The van der Waals surface area contributed by atoms with E-state index in [1.54, 1.807) is 0 Å². The molecular formula is C16H26N6O. The molecule has 0 radical (unpaired) electrons. The van der Waals surface area contributed by atoms with E-state index in [4.69, 9.17) is 21.6 Å². The monoisotopic (exact) mass is 318 g/mol. The molecule has 7 nitrogen and oxygen atoms in total. The van der Waals surface area contributed by atoms with Crippen LogP contribution in [0.3, 0.4) is 0 Å². The lowest BCUT2D eigenvalue weighted by atomic mass is 10.2. The van der Waals surface area contributed by atoms with Crippen molar-refractivity contribution in [2.75, 3.05) is 75.4 Å². The summed E-state index contributed by atoms with van der Waals surface area (Å²) in [6.07, 6.45) is 0. The van der Waals surface area contributed by atoms with E-state index in [0.717, 1.165) is 64.7 Å². The standard InChI is InChI=1S/C16H26N6O/c17-14-2-1-13(11-15(14)18)21-5-3-20(4-6-21)12-16(19)22-7-9-23-10-8-22/h1-2,11,19H,3-10,12,17-18H2. The number of nitrogen functional groups attached to an aromatic ring is 2. The van der Waals surface area contributed by atoms with Gasteiger partial charge in [0.15, 0.2) is 0 Å². The van der Waals surface area contributed by atoms with Gasteiger partial charge in [-0.15, -0.1) is 0 Å². The summed E-state index contributed by atoms with van der Waals surface area (Å²) >= 11 is 0. The number of rotatable bonds is 3. The van der Waals surface area contributed by atoms with Crippen molar-refractivity contribution >= 4 is 22.9 Å². The summed E-state index contributed by atoms with van der Waals surface area (Å²) in [5, 5.41) is 8.27. The largest absolute Gasteiger partial charge is 0.397 e. The lowest BCUT2D eigenvalue weighted by Gasteiger charge is -2.38. The molecule has 0 atom stereocenters. The summed E-state index contributed by atoms with van der Waals surface area (Å²) in [5.41, 5.74) is 14.1. The Labute approximate surface area is 137 Å². The van der Waals surface area contributed by atoms with Gasteiger partial charge in [-0.05, 0) is 18.2 Å². The van der Waals surface area contributed by atoms with Gasteiger partial charge in [-0.1, -0.05) is 0 Å². The maximum atomic E-state index is 8.27. The average molecular weight is 318 g/mol. The minimum atomic E-state index is 0.631. The van der Waals surface area contributed by atoms with Gasteiger partial charge >= 0.3 is 0 Å². The van der Waals surface area contributed by atoms with E-state index in [1.807, 2.05) is 18.2 Å². The highest BCUT2D eigenvalue weighted by Crippen LogP contribution is 2.23. The average Bonchev–Trinajstić information content (AvgIpc) is 2.59. The summed E-state index contributed by atoms with van der Waals surface area (Å²) in [4.78, 5) is 6.79. The molecule has 3 rings (SSSR count). The number of nitrogens with two attached hydrogens (primary N) is 2. The van der Waals surface area contributed by atoms with E-state index in [2.05, 4.69) is 14.7 Å².